The Kier molecular flexibility index (Phi) is 5.55. The zero-order valence-electron chi connectivity index (χ0n) is 14.6. The van der Waals surface area contributed by atoms with Crippen molar-refractivity contribution >= 4 is 21.6 Å². The Hall–Kier alpha value is -0.620. The summed E-state index contributed by atoms with van der Waals surface area (Å²) in [5.74, 6) is 0.757. The molecule has 1 heterocycles. The molecule has 3 rings (SSSR count). The molecule has 1 aliphatic heterocycles. The topological polar surface area (TPSA) is 41.8 Å². The maximum atomic E-state index is 12.9. The lowest BCUT2D eigenvalue weighted by molar-refractivity contribution is -0.933. The van der Waals surface area contributed by atoms with E-state index in [9.17, 15) is 8.42 Å². The van der Waals surface area contributed by atoms with Crippen molar-refractivity contribution in [2.45, 2.75) is 50.5 Å². The van der Waals surface area contributed by atoms with Crippen molar-refractivity contribution in [3.8, 4) is 0 Å². The molecule has 0 radical (unpaired) electrons. The van der Waals surface area contributed by atoms with Crippen molar-refractivity contribution in [2.75, 3.05) is 26.2 Å². The number of halogens is 1. The highest BCUT2D eigenvalue weighted by molar-refractivity contribution is 7.89. The second-order valence-corrected chi connectivity index (χ2v) is 9.69. The van der Waals surface area contributed by atoms with Gasteiger partial charge < -0.3 is 4.90 Å². The summed E-state index contributed by atoms with van der Waals surface area (Å²) in [6.45, 7) is 7.26. The van der Waals surface area contributed by atoms with Crippen LogP contribution in [0.4, 0.5) is 0 Å². The first kappa shape index (κ1) is 18.2. The van der Waals surface area contributed by atoms with Gasteiger partial charge in [0, 0.05) is 10.9 Å². The summed E-state index contributed by atoms with van der Waals surface area (Å²) in [6, 6.07) is 5.73. The van der Waals surface area contributed by atoms with E-state index in [0.717, 1.165) is 24.6 Å². The zero-order chi connectivity index (χ0) is 17.3. The van der Waals surface area contributed by atoms with Crippen LogP contribution in [0.2, 0.25) is 5.02 Å². The molecule has 0 amide bonds. The van der Waals surface area contributed by atoms with Crippen LogP contribution >= 0.6 is 11.6 Å². The third-order valence-corrected chi connectivity index (χ3v) is 8.08. The van der Waals surface area contributed by atoms with E-state index in [0.29, 0.717) is 29.0 Å². The Morgan fingerprint density at radius 3 is 2.46 bits per heavy atom. The molecule has 4 nitrogen and oxygen atoms in total. The molecule has 1 aromatic carbocycles. The molecule has 2 atom stereocenters. The minimum atomic E-state index is -3.43. The lowest BCUT2D eigenvalue weighted by Crippen LogP contribution is -3.19. The van der Waals surface area contributed by atoms with E-state index in [2.05, 4.69) is 6.92 Å². The lowest BCUT2D eigenvalue weighted by atomic mass is 9.84. The molecule has 1 aromatic rings. The van der Waals surface area contributed by atoms with Crippen molar-refractivity contribution in [2.24, 2.45) is 5.92 Å². The SMILES string of the molecule is Cc1ccc(S(=O)(=O)N2CC[NH+]([C@@H]3CCCC[C@@H]3C)CC2)cc1Cl. The maximum Gasteiger partial charge on any atom is 0.243 e. The van der Waals surface area contributed by atoms with E-state index in [1.807, 2.05) is 6.92 Å². The average Bonchev–Trinajstić information content (AvgIpc) is 2.58. The first-order valence-electron chi connectivity index (χ1n) is 9.00. The Balaban J connectivity index is 1.68. The van der Waals surface area contributed by atoms with Crippen molar-refractivity contribution in [3.63, 3.8) is 0 Å². The molecule has 1 saturated heterocycles. The van der Waals surface area contributed by atoms with Crippen LogP contribution in [0.25, 0.3) is 0 Å². The van der Waals surface area contributed by atoms with Gasteiger partial charge in [-0.1, -0.05) is 31.0 Å². The molecule has 2 fully saturated rings. The van der Waals surface area contributed by atoms with Crippen LogP contribution in [-0.4, -0.2) is 44.9 Å². The summed E-state index contributed by atoms with van der Waals surface area (Å²) < 4.78 is 27.3. The van der Waals surface area contributed by atoms with Gasteiger partial charge in [-0.05, 0) is 43.9 Å². The molecular weight excluding hydrogens is 344 g/mol. The van der Waals surface area contributed by atoms with Gasteiger partial charge in [-0.15, -0.1) is 0 Å². The van der Waals surface area contributed by atoms with E-state index in [4.69, 9.17) is 11.6 Å². The largest absolute Gasteiger partial charge is 0.330 e. The van der Waals surface area contributed by atoms with Gasteiger partial charge in [0.1, 0.15) is 0 Å². The number of hydrogen-bond donors (Lipinski definition) is 1. The Labute approximate surface area is 150 Å². The van der Waals surface area contributed by atoms with Crippen LogP contribution in [0.3, 0.4) is 0 Å². The van der Waals surface area contributed by atoms with Gasteiger partial charge in [0.05, 0.1) is 37.1 Å². The predicted octanol–water partition coefficient (Wildman–Crippen LogP) is 2.12. The second kappa shape index (κ2) is 7.32. The summed E-state index contributed by atoms with van der Waals surface area (Å²) in [4.78, 5) is 1.91. The van der Waals surface area contributed by atoms with Gasteiger partial charge in [-0.25, -0.2) is 8.42 Å². The smallest absolute Gasteiger partial charge is 0.243 e. The van der Waals surface area contributed by atoms with Crippen LogP contribution in [0.5, 0.6) is 0 Å². The molecule has 0 spiro atoms. The molecule has 1 aliphatic carbocycles. The maximum absolute atomic E-state index is 12.9. The highest BCUT2D eigenvalue weighted by Gasteiger charge is 2.36. The van der Waals surface area contributed by atoms with Crippen molar-refractivity contribution in [1.82, 2.24) is 4.31 Å². The van der Waals surface area contributed by atoms with Crippen molar-refractivity contribution < 1.29 is 13.3 Å². The Morgan fingerprint density at radius 1 is 1.17 bits per heavy atom. The van der Waals surface area contributed by atoms with Gasteiger partial charge >= 0.3 is 0 Å². The fraction of sp³-hybridized carbons (Fsp3) is 0.667. The number of aryl methyl sites for hydroxylation is 1. The monoisotopic (exact) mass is 371 g/mol. The second-order valence-electron chi connectivity index (χ2n) is 7.34. The molecular formula is C18H28ClN2O2S+. The van der Waals surface area contributed by atoms with Crippen LogP contribution < -0.4 is 4.90 Å². The summed E-state index contributed by atoms with van der Waals surface area (Å²) in [7, 11) is -3.43. The van der Waals surface area contributed by atoms with Crippen LogP contribution in [-0.2, 0) is 10.0 Å². The van der Waals surface area contributed by atoms with E-state index >= 15 is 0 Å². The summed E-state index contributed by atoms with van der Waals surface area (Å²) in [5.41, 5.74) is 0.899. The molecule has 134 valence electrons. The van der Waals surface area contributed by atoms with E-state index < -0.39 is 10.0 Å². The normalized spacial score (nSPS) is 27.3. The van der Waals surface area contributed by atoms with Crippen molar-refractivity contribution in [3.05, 3.63) is 28.8 Å². The number of sulfonamides is 1. The van der Waals surface area contributed by atoms with E-state index in [1.54, 1.807) is 27.4 Å². The first-order chi connectivity index (χ1) is 11.4. The third-order valence-electron chi connectivity index (χ3n) is 5.78. The van der Waals surface area contributed by atoms with Gasteiger partial charge in [-0.3, -0.25) is 0 Å². The highest BCUT2D eigenvalue weighted by Crippen LogP contribution is 2.24. The van der Waals surface area contributed by atoms with E-state index in [-0.39, 0.29) is 0 Å². The summed E-state index contributed by atoms with van der Waals surface area (Å²) >= 11 is 6.11. The van der Waals surface area contributed by atoms with Crippen LogP contribution in [0, 0.1) is 12.8 Å². The standard InChI is InChI=1S/C18H27ClN2O2S/c1-14-7-8-16(13-17(14)19)24(22,23)21-11-9-20(10-12-21)18-6-4-3-5-15(18)2/h7-8,13,15,18H,3-6,9-12H2,1-2H3/p+1/t15-,18+/m0/s1. The third kappa shape index (κ3) is 3.64. The van der Waals surface area contributed by atoms with E-state index in [1.165, 1.54) is 25.7 Å². The van der Waals surface area contributed by atoms with Crippen LogP contribution in [0.1, 0.15) is 38.2 Å². The molecule has 0 bridgehead atoms. The fourth-order valence-corrected chi connectivity index (χ4v) is 5.90. The number of benzene rings is 1. The first-order valence-corrected chi connectivity index (χ1v) is 10.8. The predicted molar refractivity (Wildman–Crippen MR) is 97.1 cm³/mol. The molecule has 0 unspecified atom stereocenters. The quantitative estimate of drug-likeness (QED) is 0.884. The fourth-order valence-electron chi connectivity index (χ4n) is 4.19. The molecule has 2 aliphatic rings. The molecule has 0 aromatic heterocycles. The molecule has 1 saturated carbocycles. The number of hydrogen-bond acceptors (Lipinski definition) is 2. The molecule has 6 heteroatoms. The Bertz CT molecular complexity index is 684. The number of nitrogens with zero attached hydrogens (tertiary/aromatic N) is 1. The molecule has 1 N–H and O–H groups in total. The summed E-state index contributed by atoms with van der Waals surface area (Å²) in [6.07, 6.45) is 5.27. The van der Waals surface area contributed by atoms with Gasteiger partial charge in [-0.2, -0.15) is 4.31 Å². The summed E-state index contributed by atoms with van der Waals surface area (Å²) in [5, 5.41) is 0.511. The number of piperazine rings is 1. The number of rotatable bonds is 3. The lowest BCUT2D eigenvalue weighted by Gasteiger charge is -2.40. The van der Waals surface area contributed by atoms with Crippen LogP contribution in [0.15, 0.2) is 23.1 Å². The number of nitrogens with one attached hydrogen (secondary N) is 1. The zero-order valence-corrected chi connectivity index (χ0v) is 16.2. The average molecular weight is 372 g/mol. The number of quaternary nitrogens is 1. The molecule has 24 heavy (non-hydrogen) atoms. The minimum absolute atomic E-state index is 0.313. The van der Waals surface area contributed by atoms with Crippen molar-refractivity contribution in [1.29, 1.82) is 0 Å². The minimum Gasteiger partial charge on any atom is -0.330 e. The van der Waals surface area contributed by atoms with Gasteiger partial charge in [0.2, 0.25) is 10.0 Å². The van der Waals surface area contributed by atoms with Gasteiger partial charge in [0.15, 0.2) is 0 Å². The van der Waals surface area contributed by atoms with Gasteiger partial charge in [0.25, 0.3) is 0 Å². The highest BCUT2D eigenvalue weighted by atomic mass is 35.5. The Morgan fingerprint density at radius 2 is 1.83 bits per heavy atom.